The number of sulfonamides is 1. The Kier molecular flexibility index (Phi) is 9.37. The van der Waals surface area contributed by atoms with E-state index in [0.717, 1.165) is 5.56 Å². The van der Waals surface area contributed by atoms with Crippen molar-refractivity contribution in [3.63, 3.8) is 0 Å². The highest BCUT2D eigenvalue weighted by Crippen LogP contribution is 2.32. The van der Waals surface area contributed by atoms with Crippen molar-refractivity contribution >= 4 is 27.6 Å². The molecule has 0 aliphatic rings. The van der Waals surface area contributed by atoms with Crippen molar-refractivity contribution < 1.29 is 31.9 Å². The molecule has 0 radical (unpaired) electrons. The van der Waals surface area contributed by atoms with Gasteiger partial charge in [0.25, 0.3) is 0 Å². The summed E-state index contributed by atoms with van der Waals surface area (Å²) in [6.07, 6.45) is 0. The van der Waals surface area contributed by atoms with Gasteiger partial charge in [-0.2, -0.15) is 4.72 Å². The van der Waals surface area contributed by atoms with Crippen LogP contribution in [0.4, 0.5) is 10.1 Å². The fourth-order valence-corrected chi connectivity index (χ4v) is 5.68. The van der Waals surface area contributed by atoms with E-state index in [1.54, 1.807) is 71.0 Å². The molecule has 2 N–H and O–H groups in total. The average molecular weight is 571 g/mol. The van der Waals surface area contributed by atoms with Crippen LogP contribution in [0.5, 0.6) is 5.75 Å². The largest absolute Gasteiger partial charge is 0.459 e. The molecule has 214 valence electrons. The van der Waals surface area contributed by atoms with Crippen molar-refractivity contribution in [1.29, 1.82) is 0 Å². The van der Waals surface area contributed by atoms with Gasteiger partial charge >= 0.3 is 11.9 Å². The molecule has 3 aromatic rings. The van der Waals surface area contributed by atoms with Crippen LogP contribution < -0.4 is 14.8 Å². The number of aryl methyl sites for hydroxylation is 1. The first-order valence-electron chi connectivity index (χ1n) is 12.7. The summed E-state index contributed by atoms with van der Waals surface area (Å²) < 4.78 is 55.7. The molecule has 2 atom stereocenters. The Morgan fingerprint density at radius 1 is 0.975 bits per heavy atom. The molecule has 0 aliphatic carbocycles. The van der Waals surface area contributed by atoms with Gasteiger partial charge in [0, 0.05) is 19.0 Å². The normalized spacial score (nSPS) is 13.3. The van der Waals surface area contributed by atoms with Gasteiger partial charge in [-0.1, -0.05) is 31.2 Å². The average Bonchev–Trinajstić information content (AvgIpc) is 2.88. The minimum atomic E-state index is -4.37. The number of hydrogen-bond acceptors (Lipinski definition) is 7. The van der Waals surface area contributed by atoms with Gasteiger partial charge < -0.3 is 14.8 Å². The molecule has 10 heteroatoms. The fourth-order valence-electron chi connectivity index (χ4n) is 4.22. The van der Waals surface area contributed by atoms with Crippen molar-refractivity contribution in [3.8, 4) is 5.75 Å². The lowest BCUT2D eigenvalue weighted by Gasteiger charge is -2.29. The van der Waals surface area contributed by atoms with Gasteiger partial charge in [-0.3, -0.25) is 4.79 Å². The Balaban J connectivity index is 1.99. The summed E-state index contributed by atoms with van der Waals surface area (Å²) in [6.45, 7) is 10.1. The van der Waals surface area contributed by atoms with E-state index >= 15 is 4.39 Å². The van der Waals surface area contributed by atoms with Crippen LogP contribution >= 0.6 is 0 Å². The van der Waals surface area contributed by atoms with Crippen LogP contribution in [0.15, 0.2) is 65.6 Å². The Hall–Kier alpha value is -3.76. The lowest BCUT2D eigenvalue weighted by atomic mass is 9.88. The highest BCUT2D eigenvalue weighted by Gasteiger charge is 2.37. The molecule has 3 aromatic carbocycles. The number of carbonyl (C=O) groups is 2. The summed E-state index contributed by atoms with van der Waals surface area (Å²) in [6, 6.07) is 13.8. The zero-order chi connectivity index (χ0) is 29.8. The number of carbonyl (C=O) groups excluding carboxylic acids is 2. The quantitative estimate of drug-likeness (QED) is 0.258. The van der Waals surface area contributed by atoms with E-state index in [-0.39, 0.29) is 21.9 Å². The molecule has 0 saturated carbocycles. The van der Waals surface area contributed by atoms with E-state index in [0.29, 0.717) is 11.1 Å². The molecule has 8 nitrogen and oxygen atoms in total. The Morgan fingerprint density at radius 2 is 1.62 bits per heavy atom. The number of halogens is 1. The van der Waals surface area contributed by atoms with Crippen LogP contribution in [0, 0.1) is 19.7 Å². The smallest absolute Gasteiger partial charge is 0.343 e. The van der Waals surface area contributed by atoms with E-state index < -0.39 is 45.3 Å². The van der Waals surface area contributed by atoms with Crippen LogP contribution in [0.25, 0.3) is 0 Å². The molecule has 1 unspecified atom stereocenters. The molecule has 0 bridgehead atoms. The zero-order valence-corrected chi connectivity index (χ0v) is 24.5. The number of nitrogens with one attached hydrogen (secondary N) is 2. The van der Waals surface area contributed by atoms with E-state index in [1.165, 1.54) is 31.3 Å². The molecule has 0 heterocycles. The summed E-state index contributed by atoms with van der Waals surface area (Å²) in [7, 11) is -2.85. The number of benzene rings is 3. The first kappa shape index (κ1) is 30.8. The summed E-state index contributed by atoms with van der Waals surface area (Å²) in [5, 5.41) is 2.80. The van der Waals surface area contributed by atoms with E-state index in [9.17, 15) is 18.0 Å². The van der Waals surface area contributed by atoms with Crippen molar-refractivity contribution in [2.24, 2.45) is 0 Å². The van der Waals surface area contributed by atoms with Gasteiger partial charge in [-0.25, -0.2) is 17.6 Å². The molecular weight excluding hydrogens is 535 g/mol. The third kappa shape index (κ3) is 7.25. The van der Waals surface area contributed by atoms with Crippen molar-refractivity contribution in [2.45, 2.75) is 64.0 Å². The molecule has 0 spiro atoms. The Bertz CT molecular complexity index is 1500. The van der Waals surface area contributed by atoms with E-state index in [2.05, 4.69) is 10.0 Å². The highest BCUT2D eigenvalue weighted by atomic mass is 32.2. The topological polar surface area (TPSA) is 111 Å². The fraction of sp³-hybridized carbons (Fsp3) is 0.333. The van der Waals surface area contributed by atoms with Crippen LogP contribution in [-0.4, -0.2) is 39.0 Å². The summed E-state index contributed by atoms with van der Waals surface area (Å²) in [5.41, 5.74) is 1.17. The Labute approximate surface area is 235 Å². The van der Waals surface area contributed by atoms with Gasteiger partial charge in [-0.05, 0) is 81.6 Å². The second-order valence-electron chi connectivity index (χ2n) is 10.5. The van der Waals surface area contributed by atoms with Crippen LogP contribution in [0.2, 0.25) is 0 Å². The molecule has 3 rings (SSSR count). The number of ether oxygens (including phenoxy) is 2. The minimum Gasteiger partial charge on any atom is -0.459 e. The third-order valence-electron chi connectivity index (χ3n) is 6.36. The second-order valence-corrected chi connectivity index (χ2v) is 12.2. The molecule has 0 saturated heterocycles. The van der Waals surface area contributed by atoms with Crippen LogP contribution in [0.1, 0.15) is 60.7 Å². The zero-order valence-electron chi connectivity index (χ0n) is 23.7. The standard InChI is InChI=1S/C30H35FN2O6S/c1-18-13-15-23(31)26(19(18)2)20(3)27(29(35)39-30(4,5)6)33-40(36,37)25-16-14-22(17-24(25)32-7)38-28(34)21-11-9-8-10-12-21/h8-17,20,27,32-33H,1-7H3/t20?,27-/m0/s1. The number of hydrogen-bond donors (Lipinski definition) is 2. The molecule has 0 aromatic heterocycles. The van der Waals surface area contributed by atoms with Crippen molar-refractivity contribution in [3.05, 3.63) is 88.7 Å². The predicted molar refractivity (Wildman–Crippen MR) is 152 cm³/mol. The summed E-state index contributed by atoms with van der Waals surface area (Å²) in [4.78, 5) is 25.6. The van der Waals surface area contributed by atoms with Gasteiger partial charge in [0.15, 0.2) is 0 Å². The molecule has 40 heavy (non-hydrogen) atoms. The molecule has 0 fully saturated rings. The second kappa shape index (κ2) is 12.2. The highest BCUT2D eigenvalue weighted by molar-refractivity contribution is 7.89. The lowest BCUT2D eigenvalue weighted by molar-refractivity contribution is -0.157. The van der Waals surface area contributed by atoms with Gasteiger partial charge in [-0.15, -0.1) is 0 Å². The number of rotatable bonds is 9. The van der Waals surface area contributed by atoms with Gasteiger partial charge in [0.1, 0.15) is 28.1 Å². The summed E-state index contributed by atoms with van der Waals surface area (Å²) in [5.74, 6) is -2.79. The molecule has 0 aliphatic heterocycles. The van der Waals surface area contributed by atoms with Crippen LogP contribution in [0.3, 0.4) is 0 Å². The number of anilines is 1. The lowest BCUT2D eigenvalue weighted by Crippen LogP contribution is -2.47. The third-order valence-corrected chi connectivity index (χ3v) is 7.86. The maximum absolute atomic E-state index is 15.0. The maximum Gasteiger partial charge on any atom is 0.343 e. The summed E-state index contributed by atoms with van der Waals surface area (Å²) >= 11 is 0. The number of esters is 2. The first-order chi connectivity index (χ1) is 18.6. The monoisotopic (exact) mass is 570 g/mol. The van der Waals surface area contributed by atoms with Gasteiger partial charge in [0.05, 0.1) is 11.3 Å². The Morgan fingerprint density at radius 3 is 2.23 bits per heavy atom. The van der Waals surface area contributed by atoms with Crippen molar-refractivity contribution in [1.82, 2.24) is 4.72 Å². The predicted octanol–water partition coefficient (Wildman–Crippen LogP) is 5.50. The maximum atomic E-state index is 15.0. The minimum absolute atomic E-state index is 0.117. The van der Waals surface area contributed by atoms with E-state index in [1.807, 2.05) is 6.92 Å². The first-order valence-corrected chi connectivity index (χ1v) is 14.2. The van der Waals surface area contributed by atoms with Gasteiger partial charge in [0.2, 0.25) is 10.0 Å². The van der Waals surface area contributed by atoms with Crippen LogP contribution in [-0.2, 0) is 19.6 Å². The molecule has 0 amide bonds. The van der Waals surface area contributed by atoms with E-state index in [4.69, 9.17) is 9.47 Å². The van der Waals surface area contributed by atoms with Crippen molar-refractivity contribution in [2.75, 3.05) is 12.4 Å². The molecular formula is C30H35FN2O6S. The SMILES string of the molecule is CNc1cc(OC(=O)c2ccccc2)ccc1S(=O)(=O)N[C@H](C(=O)OC(C)(C)C)C(C)c1c(F)ccc(C)c1C.